The van der Waals surface area contributed by atoms with E-state index in [-0.39, 0.29) is 23.9 Å². The fourth-order valence-corrected chi connectivity index (χ4v) is 1.93. The Morgan fingerprint density at radius 2 is 2.17 bits per heavy atom. The summed E-state index contributed by atoms with van der Waals surface area (Å²) in [5.74, 6) is -1.04. The van der Waals surface area contributed by atoms with Crippen LogP contribution in [0.2, 0.25) is 0 Å². The molecule has 0 amide bonds. The quantitative estimate of drug-likeness (QED) is 0.782. The number of halogens is 1. The SMILES string of the molecule is CS(=O)(=O)Nc1nccc2cc(C(=O)O)[nH]c12.Cl. The first-order valence-corrected chi connectivity index (χ1v) is 6.45. The van der Waals surface area contributed by atoms with Gasteiger partial charge < -0.3 is 10.1 Å². The second kappa shape index (κ2) is 4.83. The number of carboxylic acids is 1. The maximum atomic E-state index is 11.1. The van der Waals surface area contributed by atoms with Gasteiger partial charge in [0, 0.05) is 11.6 Å². The minimum Gasteiger partial charge on any atom is -0.477 e. The molecule has 0 saturated carbocycles. The largest absolute Gasteiger partial charge is 0.477 e. The Hall–Kier alpha value is -1.80. The first kappa shape index (κ1) is 14.3. The number of hydrogen-bond acceptors (Lipinski definition) is 4. The highest BCUT2D eigenvalue weighted by Crippen LogP contribution is 2.21. The minimum atomic E-state index is -3.46. The summed E-state index contributed by atoms with van der Waals surface area (Å²) in [5, 5.41) is 9.39. The molecule has 0 spiro atoms. The molecule has 0 unspecified atom stereocenters. The zero-order chi connectivity index (χ0) is 12.6. The number of sulfonamides is 1. The van der Waals surface area contributed by atoms with Crippen LogP contribution in [0.3, 0.4) is 0 Å². The Morgan fingerprint density at radius 1 is 1.50 bits per heavy atom. The Kier molecular flexibility index (Phi) is 3.82. The highest BCUT2D eigenvalue weighted by molar-refractivity contribution is 7.92. The number of carboxylic acid groups (broad SMARTS) is 1. The van der Waals surface area contributed by atoms with Gasteiger partial charge in [-0.15, -0.1) is 12.4 Å². The van der Waals surface area contributed by atoms with Crippen molar-refractivity contribution in [3.63, 3.8) is 0 Å². The highest BCUT2D eigenvalue weighted by Gasteiger charge is 2.12. The predicted octanol–water partition coefficient (Wildman–Crippen LogP) is 1.05. The fraction of sp³-hybridized carbons (Fsp3) is 0.111. The van der Waals surface area contributed by atoms with Crippen molar-refractivity contribution in [1.82, 2.24) is 9.97 Å². The minimum absolute atomic E-state index is 0. The van der Waals surface area contributed by atoms with Gasteiger partial charge >= 0.3 is 5.97 Å². The molecule has 18 heavy (non-hydrogen) atoms. The van der Waals surface area contributed by atoms with Gasteiger partial charge in [-0.3, -0.25) is 4.72 Å². The molecule has 0 saturated heterocycles. The van der Waals surface area contributed by atoms with Gasteiger partial charge in [-0.2, -0.15) is 0 Å². The summed E-state index contributed by atoms with van der Waals surface area (Å²) in [5.41, 5.74) is 0.319. The molecule has 0 bridgehead atoms. The molecule has 7 nitrogen and oxygen atoms in total. The maximum Gasteiger partial charge on any atom is 0.352 e. The van der Waals surface area contributed by atoms with E-state index in [0.717, 1.165) is 6.26 Å². The Bertz CT molecular complexity index is 695. The van der Waals surface area contributed by atoms with Crippen LogP contribution in [0.4, 0.5) is 5.82 Å². The number of H-pyrrole nitrogens is 1. The number of pyridine rings is 1. The lowest BCUT2D eigenvalue weighted by molar-refractivity contribution is 0.0691. The van der Waals surface area contributed by atoms with Crippen molar-refractivity contribution in [3.05, 3.63) is 24.0 Å². The van der Waals surface area contributed by atoms with E-state index in [1.807, 2.05) is 0 Å². The van der Waals surface area contributed by atoms with Crippen LogP contribution in [0.5, 0.6) is 0 Å². The fourth-order valence-electron chi connectivity index (χ4n) is 1.42. The number of rotatable bonds is 3. The Labute approximate surface area is 109 Å². The van der Waals surface area contributed by atoms with Crippen LogP contribution in [0.25, 0.3) is 10.9 Å². The molecular formula is C9H10ClN3O4S. The number of nitrogens with one attached hydrogen (secondary N) is 2. The standard InChI is InChI=1S/C9H9N3O4S.ClH/c1-17(15,16)12-8-7-5(2-3-10-8)4-6(11-7)9(13)14;/h2-4,11H,1H3,(H,10,12)(H,13,14);1H. The predicted molar refractivity (Wildman–Crippen MR) is 68.8 cm³/mol. The number of aromatic carboxylic acids is 1. The Balaban J connectivity index is 0.00000162. The average Bonchev–Trinajstić information content (AvgIpc) is 2.60. The smallest absolute Gasteiger partial charge is 0.352 e. The van der Waals surface area contributed by atoms with Gasteiger partial charge in [-0.05, 0) is 12.1 Å². The lowest BCUT2D eigenvalue weighted by atomic mass is 10.3. The summed E-state index contributed by atoms with van der Waals surface area (Å²) in [6.45, 7) is 0. The molecule has 0 aliphatic carbocycles. The van der Waals surface area contributed by atoms with E-state index < -0.39 is 16.0 Å². The summed E-state index contributed by atoms with van der Waals surface area (Å²) in [4.78, 5) is 17.2. The number of carbonyl (C=O) groups is 1. The van der Waals surface area contributed by atoms with Crippen molar-refractivity contribution in [2.75, 3.05) is 11.0 Å². The van der Waals surface area contributed by atoms with Crippen molar-refractivity contribution in [1.29, 1.82) is 0 Å². The Morgan fingerprint density at radius 3 is 2.72 bits per heavy atom. The van der Waals surface area contributed by atoms with Crippen molar-refractivity contribution in [2.24, 2.45) is 0 Å². The summed E-state index contributed by atoms with van der Waals surface area (Å²) in [6, 6.07) is 3.00. The third-order valence-corrected chi connectivity index (χ3v) is 2.62. The molecule has 0 atom stereocenters. The summed E-state index contributed by atoms with van der Waals surface area (Å²) < 4.78 is 24.4. The second-order valence-electron chi connectivity index (χ2n) is 3.49. The third-order valence-electron chi connectivity index (χ3n) is 2.06. The van der Waals surface area contributed by atoms with Crippen LogP contribution in [-0.2, 0) is 10.0 Å². The van der Waals surface area contributed by atoms with Gasteiger partial charge in [0.05, 0.1) is 11.8 Å². The first-order chi connectivity index (χ1) is 7.87. The molecule has 0 aliphatic rings. The zero-order valence-electron chi connectivity index (χ0n) is 9.17. The number of aromatic amines is 1. The molecule has 98 valence electrons. The van der Waals surface area contributed by atoms with E-state index in [1.54, 1.807) is 6.07 Å². The van der Waals surface area contributed by atoms with Crippen LogP contribution in [0, 0.1) is 0 Å². The summed E-state index contributed by atoms with van der Waals surface area (Å²) in [7, 11) is -3.46. The zero-order valence-corrected chi connectivity index (χ0v) is 10.8. The molecule has 2 aromatic heterocycles. The van der Waals surface area contributed by atoms with Gasteiger partial charge in [0.2, 0.25) is 10.0 Å². The van der Waals surface area contributed by atoms with Crippen molar-refractivity contribution >= 4 is 45.1 Å². The molecule has 0 radical (unpaired) electrons. The van der Waals surface area contributed by atoms with E-state index >= 15 is 0 Å². The lowest BCUT2D eigenvalue weighted by Crippen LogP contribution is -2.11. The second-order valence-corrected chi connectivity index (χ2v) is 5.23. The number of hydrogen-bond donors (Lipinski definition) is 3. The number of aromatic nitrogens is 2. The van der Waals surface area contributed by atoms with Gasteiger partial charge in [-0.25, -0.2) is 18.2 Å². The van der Waals surface area contributed by atoms with E-state index in [9.17, 15) is 13.2 Å². The normalized spacial score (nSPS) is 10.9. The highest BCUT2D eigenvalue weighted by atomic mass is 35.5. The van der Waals surface area contributed by atoms with E-state index in [4.69, 9.17) is 5.11 Å². The van der Waals surface area contributed by atoms with Gasteiger partial charge in [0.15, 0.2) is 5.82 Å². The summed E-state index contributed by atoms with van der Waals surface area (Å²) >= 11 is 0. The van der Waals surface area contributed by atoms with Gasteiger partial charge in [0.1, 0.15) is 5.69 Å². The van der Waals surface area contributed by atoms with Gasteiger partial charge in [0.25, 0.3) is 0 Å². The molecular weight excluding hydrogens is 282 g/mol. The molecule has 0 fully saturated rings. The van der Waals surface area contributed by atoms with Crippen LogP contribution >= 0.6 is 12.4 Å². The molecule has 2 rings (SSSR count). The number of fused-ring (bicyclic) bond motifs is 1. The molecule has 3 N–H and O–H groups in total. The van der Waals surface area contributed by atoms with E-state index in [2.05, 4.69) is 14.7 Å². The lowest BCUT2D eigenvalue weighted by Gasteiger charge is -2.03. The van der Waals surface area contributed by atoms with Crippen LogP contribution in [0.15, 0.2) is 18.3 Å². The van der Waals surface area contributed by atoms with Crippen molar-refractivity contribution in [3.8, 4) is 0 Å². The molecule has 2 aromatic rings. The molecule has 0 aromatic carbocycles. The maximum absolute atomic E-state index is 11.1. The van der Waals surface area contributed by atoms with Gasteiger partial charge in [-0.1, -0.05) is 0 Å². The topological polar surface area (TPSA) is 112 Å². The van der Waals surface area contributed by atoms with Crippen LogP contribution < -0.4 is 4.72 Å². The first-order valence-electron chi connectivity index (χ1n) is 4.55. The molecule has 9 heteroatoms. The molecule has 2 heterocycles. The number of nitrogens with zero attached hydrogens (tertiary/aromatic N) is 1. The molecule has 0 aliphatic heterocycles. The van der Waals surface area contributed by atoms with Crippen LogP contribution in [0.1, 0.15) is 10.5 Å². The van der Waals surface area contributed by atoms with Crippen molar-refractivity contribution < 1.29 is 18.3 Å². The van der Waals surface area contributed by atoms with E-state index in [1.165, 1.54) is 12.3 Å². The average molecular weight is 292 g/mol. The van der Waals surface area contributed by atoms with E-state index in [0.29, 0.717) is 10.9 Å². The monoisotopic (exact) mass is 291 g/mol. The summed E-state index contributed by atoms with van der Waals surface area (Å²) in [6.07, 6.45) is 2.39. The number of anilines is 1. The van der Waals surface area contributed by atoms with Crippen molar-refractivity contribution in [2.45, 2.75) is 0 Å². The third kappa shape index (κ3) is 2.90. The van der Waals surface area contributed by atoms with Crippen LogP contribution in [-0.4, -0.2) is 35.7 Å².